The van der Waals surface area contributed by atoms with Crippen molar-refractivity contribution >= 4 is 46.3 Å². The fraction of sp³-hybridized carbons (Fsp3) is 0.188. The molecule has 3 rings (SSSR count). The molecule has 0 radical (unpaired) electrons. The number of halogens is 5. The maximum atomic E-state index is 13.0. The summed E-state index contributed by atoms with van der Waals surface area (Å²) in [6, 6.07) is 1.96. The summed E-state index contributed by atoms with van der Waals surface area (Å²) in [7, 11) is 0. The lowest BCUT2D eigenvalue weighted by Crippen LogP contribution is -2.32. The van der Waals surface area contributed by atoms with Gasteiger partial charge in [0, 0.05) is 0 Å². The molecule has 2 amide bonds. The number of carbonyl (C=O) groups is 1. The van der Waals surface area contributed by atoms with Crippen LogP contribution >= 0.6 is 34.5 Å². The molecule has 0 spiro atoms. The highest BCUT2D eigenvalue weighted by molar-refractivity contribution is 7.14. The molecule has 156 valence electrons. The topological polar surface area (TPSA) is 109 Å². The first-order chi connectivity index (χ1) is 14.1. The van der Waals surface area contributed by atoms with Gasteiger partial charge in [0.15, 0.2) is 5.82 Å². The lowest BCUT2D eigenvalue weighted by Gasteiger charge is -2.16. The number of carbonyl (C=O) groups excluding carboxylic acids is 1. The fourth-order valence-electron chi connectivity index (χ4n) is 2.39. The van der Waals surface area contributed by atoms with Crippen molar-refractivity contribution in [2.24, 2.45) is 0 Å². The van der Waals surface area contributed by atoms with E-state index < -0.39 is 28.8 Å². The van der Waals surface area contributed by atoms with E-state index in [-0.39, 0.29) is 10.7 Å². The molecule has 14 heteroatoms. The minimum Gasteiger partial charge on any atom is -0.328 e. The summed E-state index contributed by atoms with van der Waals surface area (Å²) >= 11 is 12.6. The zero-order chi connectivity index (χ0) is 22.1. The Labute approximate surface area is 181 Å². The van der Waals surface area contributed by atoms with E-state index in [4.69, 9.17) is 28.5 Å². The van der Waals surface area contributed by atoms with Crippen molar-refractivity contribution in [1.29, 1.82) is 5.26 Å². The molecule has 0 aliphatic rings. The monoisotopic (exact) mass is 475 g/mol. The number of nitrogens with one attached hydrogen (secondary N) is 2. The van der Waals surface area contributed by atoms with E-state index in [9.17, 15) is 18.0 Å². The second-order valence-electron chi connectivity index (χ2n) is 5.78. The molecule has 3 aromatic rings. The summed E-state index contributed by atoms with van der Waals surface area (Å²) in [4.78, 5) is 20.8. The summed E-state index contributed by atoms with van der Waals surface area (Å²) in [5.41, 5.74) is -1.40. The average Bonchev–Trinajstić information content (AvgIpc) is 3.31. The normalized spacial score (nSPS) is 12.3. The lowest BCUT2D eigenvalue weighted by atomic mass is 10.2. The Morgan fingerprint density at radius 2 is 2.03 bits per heavy atom. The van der Waals surface area contributed by atoms with Gasteiger partial charge < -0.3 is 10.6 Å². The van der Waals surface area contributed by atoms with Gasteiger partial charge in [0.05, 0.1) is 33.5 Å². The van der Waals surface area contributed by atoms with Gasteiger partial charge in [-0.15, -0.1) is 0 Å². The number of urea groups is 1. The summed E-state index contributed by atoms with van der Waals surface area (Å²) in [5.74, 6) is 0.294. The first-order valence-corrected chi connectivity index (χ1v) is 9.57. The molecule has 0 aliphatic carbocycles. The molecule has 0 aliphatic heterocycles. The third-order valence-corrected chi connectivity index (χ3v) is 5.21. The average molecular weight is 476 g/mol. The first-order valence-electron chi connectivity index (χ1n) is 8.00. The molecule has 2 aromatic heterocycles. The number of amides is 2. The highest BCUT2D eigenvalue weighted by atomic mass is 35.5. The van der Waals surface area contributed by atoms with Crippen molar-refractivity contribution in [3.8, 4) is 11.2 Å². The lowest BCUT2D eigenvalue weighted by molar-refractivity contribution is -0.137. The summed E-state index contributed by atoms with van der Waals surface area (Å²) in [5, 5.41) is 17.3. The largest absolute Gasteiger partial charge is 0.417 e. The number of anilines is 1. The van der Waals surface area contributed by atoms with Crippen molar-refractivity contribution in [2.75, 3.05) is 5.32 Å². The van der Waals surface area contributed by atoms with Crippen LogP contribution in [0.15, 0.2) is 24.7 Å². The highest BCUT2D eigenvalue weighted by Gasteiger charge is 2.34. The zero-order valence-corrected chi connectivity index (χ0v) is 17.2. The van der Waals surface area contributed by atoms with Gasteiger partial charge in [-0.3, -0.25) is 0 Å². The predicted octanol–water partition coefficient (Wildman–Crippen LogP) is 4.80. The molecular formula is C16H10Cl2F3N7OS. The van der Waals surface area contributed by atoms with Crippen LogP contribution in [0.3, 0.4) is 0 Å². The molecule has 1 aromatic carbocycles. The van der Waals surface area contributed by atoms with Gasteiger partial charge in [0.1, 0.15) is 17.3 Å². The third kappa shape index (κ3) is 4.64. The molecule has 1 atom stereocenters. The van der Waals surface area contributed by atoms with E-state index in [0.717, 1.165) is 17.4 Å². The highest BCUT2D eigenvalue weighted by Crippen LogP contribution is 2.39. The maximum Gasteiger partial charge on any atom is 0.417 e. The van der Waals surface area contributed by atoms with Gasteiger partial charge in [0.25, 0.3) is 0 Å². The van der Waals surface area contributed by atoms with E-state index in [1.165, 1.54) is 17.2 Å². The molecule has 0 bridgehead atoms. The Morgan fingerprint density at radius 3 is 2.67 bits per heavy atom. The second-order valence-corrected chi connectivity index (χ2v) is 7.60. The number of hydrogen-bond donors (Lipinski definition) is 2. The Bertz CT molecular complexity index is 1140. The number of rotatable bonds is 4. The van der Waals surface area contributed by atoms with Crippen molar-refractivity contribution in [3.63, 3.8) is 0 Å². The number of alkyl halides is 3. The summed E-state index contributed by atoms with van der Waals surface area (Å²) in [6.07, 6.45) is -2.10. The maximum absolute atomic E-state index is 13.0. The number of thiazole rings is 1. The molecule has 0 saturated carbocycles. The van der Waals surface area contributed by atoms with Crippen LogP contribution in [0.4, 0.5) is 23.7 Å². The molecule has 30 heavy (non-hydrogen) atoms. The Hall–Kier alpha value is -2.88. The van der Waals surface area contributed by atoms with Crippen molar-refractivity contribution in [2.45, 2.75) is 19.1 Å². The second kappa shape index (κ2) is 8.47. The van der Waals surface area contributed by atoms with Crippen LogP contribution in [-0.4, -0.2) is 25.8 Å². The van der Waals surface area contributed by atoms with Gasteiger partial charge in [-0.2, -0.15) is 28.2 Å². The van der Waals surface area contributed by atoms with Gasteiger partial charge in [-0.1, -0.05) is 34.5 Å². The minimum atomic E-state index is -4.71. The van der Waals surface area contributed by atoms with Gasteiger partial charge in [0.2, 0.25) is 5.13 Å². The van der Waals surface area contributed by atoms with Crippen molar-refractivity contribution in [3.05, 3.63) is 51.0 Å². The zero-order valence-electron chi connectivity index (χ0n) is 14.8. The SMILES string of the molecule is CC(NC(=O)Nc1cc(C(F)(F)F)c(Cl)cc1Cl)c1ncnn1-c1ncc(C#N)s1. The number of aromatic nitrogens is 4. The Kier molecular flexibility index (Phi) is 6.16. The third-order valence-electron chi connectivity index (χ3n) is 3.70. The Balaban J connectivity index is 1.77. The van der Waals surface area contributed by atoms with Crippen molar-refractivity contribution < 1.29 is 18.0 Å². The molecule has 8 nitrogen and oxygen atoms in total. The van der Waals surface area contributed by atoms with E-state index in [1.807, 2.05) is 6.07 Å². The van der Waals surface area contributed by atoms with Crippen LogP contribution < -0.4 is 10.6 Å². The van der Waals surface area contributed by atoms with Crippen LogP contribution in [0.5, 0.6) is 0 Å². The van der Waals surface area contributed by atoms with E-state index in [1.54, 1.807) is 6.92 Å². The smallest absolute Gasteiger partial charge is 0.328 e. The van der Waals surface area contributed by atoms with Gasteiger partial charge >= 0.3 is 12.2 Å². The predicted molar refractivity (Wildman–Crippen MR) is 104 cm³/mol. The van der Waals surface area contributed by atoms with Crippen LogP contribution in [0.1, 0.15) is 29.2 Å². The minimum absolute atomic E-state index is 0.161. The number of benzene rings is 1. The molecule has 2 N–H and O–H groups in total. The van der Waals surface area contributed by atoms with Crippen molar-refractivity contribution in [1.82, 2.24) is 25.1 Å². The molecule has 2 heterocycles. The van der Waals surface area contributed by atoms with Crippen LogP contribution in [-0.2, 0) is 6.18 Å². The number of nitriles is 1. The fourth-order valence-corrected chi connectivity index (χ4v) is 3.61. The van der Waals surface area contributed by atoms with Crippen LogP contribution in [0.25, 0.3) is 5.13 Å². The molecule has 1 unspecified atom stereocenters. The Morgan fingerprint density at radius 1 is 1.30 bits per heavy atom. The van der Waals surface area contributed by atoms with Gasteiger partial charge in [-0.25, -0.2) is 14.8 Å². The number of hydrogen-bond acceptors (Lipinski definition) is 6. The molecule has 0 saturated heterocycles. The summed E-state index contributed by atoms with van der Waals surface area (Å²) in [6.45, 7) is 1.59. The van der Waals surface area contributed by atoms with E-state index in [0.29, 0.717) is 21.9 Å². The number of nitrogens with zero attached hydrogens (tertiary/aromatic N) is 5. The molecular weight excluding hydrogens is 466 g/mol. The van der Waals surface area contributed by atoms with Crippen LogP contribution in [0.2, 0.25) is 10.0 Å². The van der Waals surface area contributed by atoms with E-state index >= 15 is 0 Å². The van der Waals surface area contributed by atoms with E-state index in [2.05, 4.69) is 25.7 Å². The quantitative estimate of drug-likeness (QED) is 0.562. The standard InChI is InChI=1S/C16H10Cl2F3N7OS/c1-7(13-24-6-25-28(13)15-23-5-8(4-22)30-15)26-14(29)27-12-2-9(16(19,20)21)10(17)3-11(12)18/h2-3,5-7H,1H3,(H2,26,27,29). The van der Waals surface area contributed by atoms with Crippen LogP contribution in [0, 0.1) is 11.3 Å². The summed E-state index contributed by atoms with van der Waals surface area (Å²) < 4.78 is 40.4. The van der Waals surface area contributed by atoms with Gasteiger partial charge in [-0.05, 0) is 19.1 Å². The first kappa shape index (κ1) is 21.8. The molecule has 0 fully saturated rings.